The summed E-state index contributed by atoms with van der Waals surface area (Å²) in [5.41, 5.74) is 1.75. The Morgan fingerprint density at radius 3 is 2.67 bits per heavy atom. The Hall–Kier alpha value is -1.87. The van der Waals surface area contributed by atoms with Gasteiger partial charge in [0.05, 0.1) is 23.6 Å². The fourth-order valence-electron chi connectivity index (χ4n) is 3.59. The van der Waals surface area contributed by atoms with Crippen LogP contribution in [0.1, 0.15) is 26.2 Å². The van der Waals surface area contributed by atoms with Gasteiger partial charge in [0.25, 0.3) is 11.8 Å². The number of fused-ring (bicyclic) bond motifs is 1. The predicted molar refractivity (Wildman–Crippen MR) is 85.7 cm³/mol. The Morgan fingerprint density at radius 1 is 1.29 bits per heavy atom. The quantitative estimate of drug-likeness (QED) is 0.676. The molecular weight excluding hydrogens is 332 g/mol. The molecule has 4 aliphatic heterocycles. The molecule has 0 spiro atoms. The molecule has 8 nitrogen and oxygen atoms in total. The summed E-state index contributed by atoms with van der Waals surface area (Å²) in [4.78, 5) is 27.1. The molecule has 9 heteroatoms. The van der Waals surface area contributed by atoms with Gasteiger partial charge in [-0.3, -0.25) is 9.59 Å². The normalized spacial score (nSPS) is 31.0. The Morgan fingerprint density at radius 2 is 2.00 bits per heavy atom. The van der Waals surface area contributed by atoms with Gasteiger partial charge in [0.2, 0.25) is 0 Å². The molecule has 4 aliphatic rings. The Labute approximate surface area is 141 Å². The second-order valence-electron chi connectivity index (χ2n) is 6.55. The first-order chi connectivity index (χ1) is 11.8. The van der Waals surface area contributed by atoms with Crippen molar-refractivity contribution in [3.63, 3.8) is 0 Å². The SMILES string of the molecule is [2H]N1C(CC)C=C2NC3=C(CN(C4CCS(=O)(=O)CC4)C3=O)C(=O)N21. The maximum atomic E-state index is 12.8. The van der Waals surface area contributed by atoms with Crippen molar-refractivity contribution in [2.75, 3.05) is 18.1 Å². The van der Waals surface area contributed by atoms with Crippen molar-refractivity contribution in [2.24, 2.45) is 0 Å². The van der Waals surface area contributed by atoms with Gasteiger partial charge in [0, 0.05) is 12.1 Å². The van der Waals surface area contributed by atoms with E-state index in [1.165, 1.54) is 5.01 Å². The average molecular weight is 353 g/mol. The van der Waals surface area contributed by atoms with Crippen molar-refractivity contribution in [1.82, 2.24) is 20.6 Å². The van der Waals surface area contributed by atoms with Gasteiger partial charge in [-0.15, -0.1) is 0 Å². The lowest BCUT2D eigenvalue weighted by Crippen LogP contribution is -2.48. The van der Waals surface area contributed by atoms with Crippen LogP contribution in [0, 0.1) is 0 Å². The Kier molecular flexibility index (Phi) is 3.21. The summed E-state index contributed by atoms with van der Waals surface area (Å²) in [5, 5.41) is 4.27. The smallest absolute Gasteiger partial charge is 0.274 e. The minimum atomic E-state index is -3.01. The minimum absolute atomic E-state index is 0.0729. The topological polar surface area (TPSA) is 98.8 Å². The third-order valence-electron chi connectivity index (χ3n) is 5.03. The van der Waals surface area contributed by atoms with Crippen LogP contribution in [0.25, 0.3) is 0 Å². The summed E-state index contributed by atoms with van der Waals surface area (Å²) >= 11 is 0. The molecule has 130 valence electrons. The second-order valence-corrected chi connectivity index (χ2v) is 8.86. The Bertz CT molecular complexity index is 807. The highest BCUT2D eigenvalue weighted by Gasteiger charge is 2.45. The van der Waals surface area contributed by atoms with Gasteiger partial charge in [-0.25, -0.2) is 18.8 Å². The average Bonchev–Trinajstić information content (AvgIpc) is 3.07. The zero-order valence-electron chi connectivity index (χ0n) is 14.4. The highest BCUT2D eigenvalue weighted by Crippen LogP contribution is 2.31. The largest absolute Gasteiger partial charge is 0.336 e. The highest BCUT2D eigenvalue weighted by atomic mass is 32.2. The molecule has 0 aromatic rings. The number of amides is 2. The lowest BCUT2D eigenvalue weighted by Gasteiger charge is -2.31. The van der Waals surface area contributed by atoms with Gasteiger partial charge in [0.1, 0.15) is 22.8 Å². The lowest BCUT2D eigenvalue weighted by molar-refractivity contribution is -0.129. The van der Waals surface area contributed by atoms with Gasteiger partial charge in [-0.1, -0.05) is 6.92 Å². The summed E-state index contributed by atoms with van der Waals surface area (Å²) in [7, 11) is -3.01. The molecule has 2 N–H and O–H groups in total. The van der Waals surface area contributed by atoms with E-state index in [0.717, 1.165) is 5.42 Å². The molecule has 4 heterocycles. The molecule has 0 aromatic carbocycles. The van der Waals surface area contributed by atoms with Gasteiger partial charge in [-0.2, -0.15) is 0 Å². The zero-order valence-corrected chi connectivity index (χ0v) is 14.2. The first kappa shape index (κ1) is 14.5. The van der Waals surface area contributed by atoms with Crippen molar-refractivity contribution in [2.45, 2.75) is 38.3 Å². The number of sulfone groups is 1. The van der Waals surface area contributed by atoms with Gasteiger partial charge in [0.15, 0.2) is 0 Å². The van der Waals surface area contributed by atoms with E-state index in [2.05, 4.69) is 5.32 Å². The van der Waals surface area contributed by atoms with Crippen LogP contribution in [0.5, 0.6) is 0 Å². The van der Waals surface area contributed by atoms with Crippen LogP contribution in [0.2, 0.25) is 1.41 Å². The van der Waals surface area contributed by atoms with Crippen LogP contribution in [0.15, 0.2) is 23.2 Å². The van der Waals surface area contributed by atoms with Gasteiger partial charge >= 0.3 is 0 Å². The standard InChI is InChI=1S/C15H20N4O4S/c1-2-9-7-12-16-13-11(14(20)19(12)17-9)8-18(15(13)21)10-3-5-24(22,23)6-4-10/h7,9-10,16-17H,2-6,8H2,1H3/i/hD. The van der Waals surface area contributed by atoms with Crippen LogP contribution in [0.3, 0.4) is 0 Å². The lowest BCUT2D eigenvalue weighted by atomic mass is 10.1. The van der Waals surface area contributed by atoms with Crippen LogP contribution >= 0.6 is 0 Å². The number of nitrogens with one attached hydrogen (secondary N) is 2. The molecule has 0 aliphatic carbocycles. The van der Waals surface area contributed by atoms with Crippen LogP contribution in [0.4, 0.5) is 0 Å². The number of hydrogen-bond donors (Lipinski definition) is 2. The number of carbonyl (C=O) groups excluding carboxylic acids is 2. The molecule has 0 aromatic heterocycles. The fraction of sp³-hybridized carbons (Fsp3) is 0.600. The molecule has 2 amide bonds. The minimum Gasteiger partial charge on any atom is -0.336 e. The highest BCUT2D eigenvalue weighted by molar-refractivity contribution is 7.91. The van der Waals surface area contributed by atoms with Crippen LogP contribution in [-0.4, -0.2) is 60.3 Å². The summed E-state index contributed by atoms with van der Waals surface area (Å²) < 4.78 is 31.3. The van der Waals surface area contributed by atoms with Gasteiger partial charge < -0.3 is 10.2 Å². The molecule has 1 fully saturated rings. The molecule has 0 saturated carbocycles. The maximum Gasteiger partial charge on any atom is 0.274 e. The molecule has 4 rings (SSSR count). The van der Waals surface area contributed by atoms with E-state index < -0.39 is 9.84 Å². The van der Waals surface area contributed by atoms with Crippen molar-refractivity contribution >= 4 is 21.7 Å². The van der Waals surface area contributed by atoms with E-state index in [0.29, 0.717) is 30.7 Å². The first-order valence-electron chi connectivity index (χ1n) is 8.63. The third-order valence-corrected chi connectivity index (χ3v) is 6.75. The van der Waals surface area contributed by atoms with Crippen LogP contribution < -0.4 is 10.7 Å². The summed E-state index contributed by atoms with van der Waals surface area (Å²) in [6, 6.07) is -0.378. The van der Waals surface area contributed by atoms with Crippen molar-refractivity contribution in [1.29, 1.82) is 0 Å². The van der Waals surface area contributed by atoms with E-state index in [9.17, 15) is 18.0 Å². The van der Waals surface area contributed by atoms with Crippen molar-refractivity contribution in [3.05, 3.63) is 23.2 Å². The molecule has 24 heavy (non-hydrogen) atoms. The van der Waals surface area contributed by atoms with Crippen molar-refractivity contribution < 1.29 is 19.4 Å². The molecular formula is C15H20N4O4S. The van der Waals surface area contributed by atoms with Gasteiger partial charge in [-0.05, 0) is 25.3 Å². The van der Waals surface area contributed by atoms with E-state index in [4.69, 9.17) is 1.41 Å². The monoisotopic (exact) mass is 353 g/mol. The second kappa shape index (κ2) is 5.32. The Balaban J connectivity index is 1.56. The predicted octanol–water partition coefficient (Wildman–Crippen LogP) is -0.770. The summed E-state index contributed by atoms with van der Waals surface area (Å²) in [5.74, 6) is -0.0192. The molecule has 1 saturated heterocycles. The number of rotatable bonds is 2. The number of hydrazine groups is 1. The zero-order chi connectivity index (χ0) is 17.9. The number of hydrogen-bond acceptors (Lipinski definition) is 6. The number of carbonyl (C=O) groups is 2. The molecule has 0 radical (unpaired) electrons. The van der Waals surface area contributed by atoms with E-state index in [-0.39, 0.29) is 47.6 Å². The third kappa shape index (κ3) is 2.34. The summed E-state index contributed by atoms with van der Waals surface area (Å²) in [6.07, 6.45) is 3.26. The molecule has 1 unspecified atom stereocenters. The van der Waals surface area contributed by atoms with Crippen molar-refractivity contribution in [3.8, 4) is 0 Å². The maximum absolute atomic E-state index is 12.8. The molecule has 0 bridgehead atoms. The van der Waals surface area contributed by atoms with E-state index >= 15 is 0 Å². The van der Waals surface area contributed by atoms with Crippen LogP contribution in [-0.2, 0) is 19.4 Å². The number of nitrogens with zero attached hydrogens (tertiary/aromatic N) is 2. The molecule has 1 atom stereocenters. The summed E-state index contributed by atoms with van der Waals surface area (Å²) in [6.45, 7) is 2.09. The fourth-order valence-corrected chi connectivity index (χ4v) is 5.06. The first-order valence-corrected chi connectivity index (χ1v) is 10.0. The van der Waals surface area contributed by atoms with E-state index in [1.54, 1.807) is 11.0 Å². The van der Waals surface area contributed by atoms with E-state index in [1.807, 2.05) is 6.92 Å².